The predicted molar refractivity (Wildman–Crippen MR) is 157 cm³/mol. The van der Waals surface area contributed by atoms with Gasteiger partial charge in [0.1, 0.15) is 29.5 Å². The number of aromatic nitrogens is 8. The molecule has 11 nitrogen and oxygen atoms in total. The maximum atomic E-state index is 14.5. The van der Waals surface area contributed by atoms with Gasteiger partial charge in [0.05, 0.1) is 22.1 Å². The lowest BCUT2D eigenvalue weighted by Gasteiger charge is -2.24. The summed E-state index contributed by atoms with van der Waals surface area (Å²) < 4.78 is 3.30. The van der Waals surface area contributed by atoms with Gasteiger partial charge in [0.25, 0.3) is 11.3 Å². The third-order valence-corrected chi connectivity index (χ3v) is 7.37. The average molecular weight is 562 g/mol. The van der Waals surface area contributed by atoms with Crippen LogP contribution in [-0.2, 0) is 0 Å². The molecule has 0 aliphatic rings. The van der Waals surface area contributed by atoms with Crippen molar-refractivity contribution in [1.82, 2.24) is 39.1 Å². The Morgan fingerprint density at radius 3 is 2.68 bits per heavy atom. The Labute approximate surface area is 236 Å². The van der Waals surface area contributed by atoms with Crippen molar-refractivity contribution in [3.63, 3.8) is 0 Å². The molecule has 2 N–H and O–H groups in total. The molecule has 0 spiro atoms. The number of fused-ring (bicyclic) bond motifs is 3. The number of aromatic amines is 1. The molecular weight excluding hydrogens is 542 g/mol. The summed E-state index contributed by atoms with van der Waals surface area (Å²) in [6, 6.07) is 15.7. The van der Waals surface area contributed by atoms with Crippen molar-refractivity contribution in [2.24, 2.45) is 0 Å². The van der Waals surface area contributed by atoms with Crippen LogP contribution in [0.1, 0.15) is 18.7 Å². The molecule has 5 aromatic heterocycles. The maximum absolute atomic E-state index is 14.5. The highest BCUT2D eigenvalue weighted by Crippen LogP contribution is 2.36. The standard InChI is InChI=1S/C29H20ClN9O2/c1-16(36-27-23-21(40)10-11-31-26(23)33-14-34-27)25-24(30)20-9-5-8-19(17-12-32-29-37-35-15-38(29)13-17)22(20)28(41)39(25)18-6-3-2-4-7-18/h2-16H,1H3,(H2,31,33,34,36,40)/t16-/m0/s1. The smallest absolute Gasteiger partial charge is 0.263 e. The molecule has 0 unspecified atom stereocenters. The van der Waals surface area contributed by atoms with Crippen LogP contribution in [-0.4, -0.2) is 39.1 Å². The first-order valence-corrected chi connectivity index (χ1v) is 13.1. The summed E-state index contributed by atoms with van der Waals surface area (Å²) in [5, 5.41) is 12.9. The van der Waals surface area contributed by atoms with Crippen molar-refractivity contribution in [2.45, 2.75) is 13.0 Å². The van der Waals surface area contributed by atoms with Crippen LogP contribution in [0.4, 0.5) is 5.82 Å². The number of benzene rings is 2. The number of halogens is 1. The molecule has 7 aromatic rings. The monoisotopic (exact) mass is 561 g/mol. The number of anilines is 1. The Morgan fingerprint density at radius 2 is 1.83 bits per heavy atom. The van der Waals surface area contributed by atoms with Gasteiger partial charge in [-0.1, -0.05) is 48.0 Å². The fourth-order valence-corrected chi connectivity index (χ4v) is 5.55. The van der Waals surface area contributed by atoms with Crippen LogP contribution in [0.2, 0.25) is 5.02 Å². The molecule has 200 valence electrons. The predicted octanol–water partition coefficient (Wildman–Crippen LogP) is 4.55. The summed E-state index contributed by atoms with van der Waals surface area (Å²) in [5.41, 5.74) is 2.43. The van der Waals surface area contributed by atoms with Gasteiger partial charge in [-0.15, -0.1) is 10.2 Å². The summed E-state index contributed by atoms with van der Waals surface area (Å²) in [5.74, 6) is 0.779. The number of nitrogens with one attached hydrogen (secondary N) is 2. The highest BCUT2D eigenvalue weighted by Gasteiger charge is 2.24. The molecule has 12 heteroatoms. The molecule has 5 heterocycles. The summed E-state index contributed by atoms with van der Waals surface area (Å²) in [6.45, 7) is 1.87. The molecule has 7 rings (SSSR count). The molecular formula is C29H20ClN9O2. The Morgan fingerprint density at radius 1 is 0.976 bits per heavy atom. The van der Waals surface area contributed by atoms with E-state index >= 15 is 0 Å². The lowest BCUT2D eigenvalue weighted by atomic mass is 9.99. The number of hydrogen-bond acceptors (Lipinski definition) is 8. The molecule has 2 aromatic carbocycles. The van der Waals surface area contributed by atoms with Gasteiger partial charge in [-0.3, -0.25) is 18.6 Å². The lowest BCUT2D eigenvalue weighted by molar-refractivity contribution is 0.774. The zero-order valence-corrected chi connectivity index (χ0v) is 22.2. The molecule has 0 radical (unpaired) electrons. The quantitative estimate of drug-likeness (QED) is 0.312. The third-order valence-electron chi connectivity index (χ3n) is 6.97. The molecule has 0 amide bonds. The van der Waals surface area contributed by atoms with Crippen LogP contribution in [0.15, 0.2) is 95.4 Å². The highest BCUT2D eigenvalue weighted by atomic mass is 35.5. The topological polar surface area (TPSA) is 136 Å². The largest absolute Gasteiger partial charge is 0.361 e. The van der Waals surface area contributed by atoms with Crippen LogP contribution in [0.5, 0.6) is 0 Å². The van der Waals surface area contributed by atoms with Crippen molar-refractivity contribution in [3.05, 3.63) is 117 Å². The Hall–Kier alpha value is -5.42. The van der Waals surface area contributed by atoms with E-state index in [1.165, 1.54) is 18.6 Å². The number of pyridine rings is 2. The van der Waals surface area contributed by atoms with E-state index in [4.69, 9.17) is 11.6 Å². The first-order chi connectivity index (χ1) is 20.0. The van der Waals surface area contributed by atoms with Crippen LogP contribution >= 0.6 is 11.6 Å². The second-order valence-corrected chi connectivity index (χ2v) is 9.82. The fourth-order valence-electron chi connectivity index (χ4n) is 5.14. The first kappa shape index (κ1) is 24.6. The zero-order valence-electron chi connectivity index (χ0n) is 21.5. The average Bonchev–Trinajstić information content (AvgIpc) is 3.47. The Kier molecular flexibility index (Phi) is 5.79. The van der Waals surface area contributed by atoms with Gasteiger partial charge in [0.2, 0.25) is 0 Å². The van der Waals surface area contributed by atoms with E-state index in [0.29, 0.717) is 60.9 Å². The fraction of sp³-hybridized carbons (Fsp3) is 0.0690. The van der Waals surface area contributed by atoms with Crippen molar-refractivity contribution in [3.8, 4) is 16.8 Å². The van der Waals surface area contributed by atoms with Crippen LogP contribution in [0.3, 0.4) is 0 Å². The van der Waals surface area contributed by atoms with Gasteiger partial charge in [-0.05, 0) is 24.6 Å². The second kappa shape index (κ2) is 9.65. The lowest BCUT2D eigenvalue weighted by Crippen LogP contribution is -2.27. The number of para-hydroxylation sites is 1. The molecule has 0 saturated carbocycles. The summed E-state index contributed by atoms with van der Waals surface area (Å²) in [7, 11) is 0. The summed E-state index contributed by atoms with van der Waals surface area (Å²) in [4.78, 5) is 43.0. The minimum absolute atomic E-state index is 0.234. The number of rotatable bonds is 5. The molecule has 0 bridgehead atoms. The third kappa shape index (κ3) is 4.02. The van der Waals surface area contributed by atoms with Gasteiger partial charge in [0.15, 0.2) is 5.43 Å². The van der Waals surface area contributed by atoms with E-state index in [1.54, 1.807) is 21.5 Å². The van der Waals surface area contributed by atoms with Gasteiger partial charge in [0, 0.05) is 41.3 Å². The van der Waals surface area contributed by atoms with Gasteiger partial charge in [-0.2, -0.15) is 0 Å². The van der Waals surface area contributed by atoms with E-state index in [2.05, 4.69) is 35.5 Å². The van der Waals surface area contributed by atoms with E-state index in [1.807, 2.05) is 61.7 Å². The van der Waals surface area contributed by atoms with Crippen LogP contribution in [0, 0.1) is 0 Å². The normalized spacial score (nSPS) is 12.2. The number of H-pyrrole nitrogens is 1. The summed E-state index contributed by atoms with van der Waals surface area (Å²) in [6.07, 6.45) is 7.94. The van der Waals surface area contributed by atoms with Crippen molar-refractivity contribution in [1.29, 1.82) is 0 Å². The molecule has 41 heavy (non-hydrogen) atoms. The zero-order chi connectivity index (χ0) is 28.1. The maximum Gasteiger partial charge on any atom is 0.263 e. The van der Waals surface area contributed by atoms with Crippen LogP contribution in [0.25, 0.3) is 44.4 Å². The number of hydrogen-bond donors (Lipinski definition) is 2. The van der Waals surface area contributed by atoms with E-state index < -0.39 is 6.04 Å². The van der Waals surface area contributed by atoms with E-state index in [-0.39, 0.29) is 11.0 Å². The molecule has 0 aliphatic carbocycles. The molecule has 0 aliphatic heterocycles. The second-order valence-electron chi connectivity index (χ2n) is 9.44. The molecule has 1 atom stereocenters. The van der Waals surface area contributed by atoms with E-state index in [9.17, 15) is 9.59 Å². The Bertz CT molecular complexity index is 2220. The van der Waals surface area contributed by atoms with Crippen LogP contribution < -0.4 is 16.3 Å². The highest BCUT2D eigenvalue weighted by molar-refractivity contribution is 6.36. The SMILES string of the molecule is C[C@H](Nc1ncnc2[nH]ccc(=O)c12)c1c(Cl)c2cccc(-c3cnc4nncn4c3)c2c(=O)n1-c1ccccc1. The van der Waals surface area contributed by atoms with Crippen molar-refractivity contribution < 1.29 is 0 Å². The molecule has 0 fully saturated rings. The Balaban J connectivity index is 1.48. The van der Waals surface area contributed by atoms with Gasteiger partial charge >= 0.3 is 0 Å². The minimum Gasteiger partial charge on any atom is -0.361 e. The summed E-state index contributed by atoms with van der Waals surface area (Å²) >= 11 is 7.18. The first-order valence-electron chi connectivity index (χ1n) is 12.7. The van der Waals surface area contributed by atoms with Gasteiger partial charge < -0.3 is 10.3 Å². The van der Waals surface area contributed by atoms with Crippen molar-refractivity contribution in [2.75, 3.05) is 5.32 Å². The molecule has 0 saturated heterocycles. The number of nitrogens with zero attached hydrogens (tertiary/aromatic N) is 7. The van der Waals surface area contributed by atoms with E-state index in [0.717, 1.165) is 0 Å². The minimum atomic E-state index is -0.545. The van der Waals surface area contributed by atoms with Gasteiger partial charge in [-0.25, -0.2) is 15.0 Å². The van der Waals surface area contributed by atoms with Crippen molar-refractivity contribution >= 4 is 45.0 Å².